The van der Waals surface area contributed by atoms with Gasteiger partial charge in [-0.3, -0.25) is 9.59 Å². The first kappa shape index (κ1) is 15.5. The number of hydrogen-bond donors (Lipinski definition) is 1. The molecule has 5 heteroatoms. The van der Waals surface area contributed by atoms with Crippen LogP contribution < -0.4 is 4.90 Å². The molecule has 0 heterocycles. The van der Waals surface area contributed by atoms with Crippen molar-refractivity contribution in [3.63, 3.8) is 0 Å². The minimum atomic E-state index is -0.921. The van der Waals surface area contributed by atoms with Crippen LogP contribution in [0.1, 0.15) is 20.8 Å². The quantitative estimate of drug-likeness (QED) is 0.903. The van der Waals surface area contributed by atoms with Gasteiger partial charge in [-0.15, -0.1) is 0 Å². The molecule has 19 heavy (non-hydrogen) atoms. The molecule has 0 saturated carbocycles. The molecule has 0 fully saturated rings. The van der Waals surface area contributed by atoms with Crippen molar-refractivity contribution in [3.8, 4) is 0 Å². The zero-order chi connectivity index (χ0) is 14.6. The second-order valence-electron chi connectivity index (χ2n) is 4.82. The number of rotatable bonds is 5. The Labute approximate surface area is 118 Å². The van der Waals surface area contributed by atoms with Gasteiger partial charge < -0.3 is 10.0 Å². The third-order valence-electron chi connectivity index (χ3n) is 2.78. The molecule has 0 aliphatic heterocycles. The number of carboxylic acid groups (broad SMARTS) is 1. The lowest BCUT2D eigenvalue weighted by atomic mass is 10.1. The highest BCUT2D eigenvalue weighted by atomic mass is 35.5. The van der Waals surface area contributed by atoms with Gasteiger partial charge in [0.1, 0.15) is 0 Å². The highest BCUT2D eigenvalue weighted by Gasteiger charge is 2.23. The van der Waals surface area contributed by atoms with Crippen molar-refractivity contribution in [2.24, 2.45) is 11.8 Å². The molecule has 1 unspecified atom stereocenters. The molecule has 0 aromatic heterocycles. The van der Waals surface area contributed by atoms with Crippen LogP contribution in [0, 0.1) is 11.8 Å². The van der Waals surface area contributed by atoms with Gasteiger partial charge in [0.15, 0.2) is 0 Å². The van der Waals surface area contributed by atoms with Crippen LogP contribution in [0.3, 0.4) is 0 Å². The van der Waals surface area contributed by atoms with Crippen LogP contribution in [0.15, 0.2) is 24.3 Å². The summed E-state index contributed by atoms with van der Waals surface area (Å²) in [6, 6.07) is 6.81. The van der Waals surface area contributed by atoms with Gasteiger partial charge in [-0.2, -0.15) is 0 Å². The third kappa shape index (κ3) is 4.24. The van der Waals surface area contributed by atoms with Gasteiger partial charge >= 0.3 is 5.97 Å². The van der Waals surface area contributed by atoms with Gasteiger partial charge in [-0.1, -0.05) is 32.4 Å². The maximum Gasteiger partial charge on any atom is 0.308 e. The summed E-state index contributed by atoms with van der Waals surface area (Å²) in [6.45, 7) is 5.31. The Balaban J connectivity index is 3.01. The van der Waals surface area contributed by atoms with Crippen LogP contribution in [0.5, 0.6) is 0 Å². The van der Waals surface area contributed by atoms with Crippen LogP contribution >= 0.6 is 11.6 Å². The van der Waals surface area contributed by atoms with Gasteiger partial charge in [0.2, 0.25) is 5.91 Å². The Hall–Kier alpha value is -1.55. The Kier molecular flexibility index (Phi) is 5.36. The normalized spacial score (nSPS) is 12.3. The largest absolute Gasteiger partial charge is 0.481 e. The smallest absolute Gasteiger partial charge is 0.308 e. The van der Waals surface area contributed by atoms with Crippen LogP contribution in [-0.4, -0.2) is 23.5 Å². The molecule has 1 aromatic carbocycles. The summed E-state index contributed by atoms with van der Waals surface area (Å²) in [5.74, 6) is -1.85. The molecular weight excluding hydrogens is 266 g/mol. The molecule has 0 bridgehead atoms. The molecular formula is C14H18ClNO3. The number of anilines is 1. The summed E-state index contributed by atoms with van der Waals surface area (Å²) in [5, 5.41) is 9.56. The number of carbonyl (C=O) groups excluding carboxylic acids is 1. The van der Waals surface area contributed by atoms with Gasteiger partial charge in [0.25, 0.3) is 0 Å². The summed E-state index contributed by atoms with van der Waals surface area (Å²) in [6.07, 6.45) is 0. The van der Waals surface area contributed by atoms with Crippen LogP contribution in [0.2, 0.25) is 5.02 Å². The topological polar surface area (TPSA) is 57.6 Å². The van der Waals surface area contributed by atoms with E-state index >= 15 is 0 Å². The molecule has 1 amide bonds. The predicted octanol–water partition coefficient (Wildman–Crippen LogP) is 3.05. The van der Waals surface area contributed by atoms with E-state index in [1.54, 1.807) is 45.0 Å². The standard InChI is InChI=1S/C14H18ClNO3/c1-9(2)13(17)16(8-10(3)14(18)19)12-6-4-11(15)5-7-12/h4-7,9-10H,8H2,1-3H3,(H,18,19). The van der Waals surface area contributed by atoms with Crippen LogP contribution in [-0.2, 0) is 9.59 Å². The summed E-state index contributed by atoms with van der Waals surface area (Å²) in [4.78, 5) is 24.6. The maximum atomic E-state index is 12.2. The van der Waals surface area contributed by atoms with E-state index in [2.05, 4.69) is 0 Å². The van der Waals surface area contributed by atoms with E-state index in [1.165, 1.54) is 4.90 Å². The van der Waals surface area contributed by atoms with Crippen molar-refractivity contribution in [2.45, 2.75) is 20.8 Å². The number of nitrogens with zero attached hydrogens (tertiary/aromatic N) is 1. The van der Waals surface area contributed by atoms with Gasteiger partial charge in [-0.25, -0.2) is 0 Å². The van der Waals surface area contributed by atoms with E-state index in [0.29, 0.717) is 10.7 Å². The zero-order valence-corrected chi connectivity index (χ0v) is 12.0. The van der Waals surface area contributed by atoms with Crippen molar-refractivity contribution in [2.75, 3.05) is 11.4 Å². The zero-order valence-electron chi connectivity index (χ0n) is 11.3. The summed E-state index contributed by atoms with van der Waals surface area (Å²) in [5.41, 5.74) is 0.663. The lowest BCUT2D eigenvalue weighted by Crippen LogP contribution is -2.39. The molecule has 104 valence electrons. The first-order valence-electron chi connectivity index (χ1n) is 6.12. The van der Waals surface area contributed by atoms with Gasteiger partial charge in [0, 0.05) is 23.2 Å². The second kappa shape index (κ2) is 6.57. The highest BCUT2D eigenvalue weighted by Crippen LogP contribution is 2.21. The Morgan fingerprint density at radius 3 is 2.16 bits per heavy atom. The second-order valence-corrected chi connectivity index (χ2v) is 5.26. The van der Waals surface area contributed by atoms with E-state index in [4.69, 9.17) is 16.7 Å². The maximum absolute atomic E-state index is 12.2. The van der Waals surface area contributed by atoms with E-state index in [0.717, 1.165) is 0 Å². The van der Waals surface area contributed by atoms with Crippen molar-refractivity contribution >= 4 is 29.2 Å². The molecule has 1 aromatic rings. The van der Waals surface area contributed by atoms with Crippen molar-refractivity contribution in [3.05, 3.63) is 29.3 Å². The molecule has 0 radical (unpaired) electrons. The number of aliphatic carboxylic acids is 1. The Morgan fingerprint density at radius 2 is 1.74 bits per heavy atom. The van der Waals surface area contributed by atoms with E-state index in [9.17, 15) is 9.59 Å². The molecule has 4 nitrogen and oxygen atoms in total. The van der Waals surface area contributed by atoms with Crippen molar-refractivity contribution in [1.29, 1.82) is 0 Å². The fourth-order valence-corrected chi connectivity index (χ4v) is 1.73. The predicted molar refractivity (Wildman–Crippen MR) is 75.4 cm³/mol. The number of halogens is 1. The number of amides is 1. The minimum Gasteiger partial charge on any atom is -0.481 e. The fraction of sp³-hybridized carbons (Fsp3) is 0.429. The highest BCUT2D eigenvalue weighted by molar-refractivity contribution is 6.30. The lowest BCUT2D eigenvalue weighted by molar-refractivity contribution is -0.140. The third-order valence-corrected chi connectivity index (χ3v) is 3.03. The fourth-order valence-electron chi connectivity index (χ4n) is 1.61. The molecule has 1 N–H and O–H groups in total. The van der Waals surface area contributed by atoms with Gasteiger partial charge in [-0.05, 0) is 24.3 Å². The number of carbonyl (C=O) groups is 2. The molecule has 0 aliphatic carbocycles. The SMILES string of the molecule is CC(C)C(=O)N(CC(C)C(=O)O)c1ccc(Cl)cc1. The summed E-state index contributed by atoms with van der Waals surface area (Å²) < 4.78 is 0. The number of hydrogen-bond acceptors (Lipinski definition) is 2. The first-order chi connectivity index (χ1) is 8.82. The van der Waals surface area contributed by atoms with Crippen molar-refractivity contribution in [1.82, 2.24) is 0 Å². The lowest BCUT2D eigenvalue weighted by Gasteiger charge is -2.26. The van der Waals surface area contributed by atoms with E-state index < -0.39 is 11.9 Å². The molecule has 0 saturated heterocycles. The minimum absolute atomic E-state index is 0.101. The van der Waals surface area contributed by atoms with Gasteiger partial charge in [0.05, 0.1) is 5.92 Å². The molecule has 1 rings (SSSR count). The number of benzene rings is 1. The average Bonchev–Trinajstić information content (AvgIpc) is 2.35. The Bertz CT molecular complexity index is 456. The van der Waals surface area contributed by atoms with Crippen LogP contribution in [0.25, 0.3) is 0 Å². The van der Waals surface area contributed by atoms with E-state index in [1.807, 2.05) is 0 Å². The molecule has 0 spiro atoms. The van der Waals surface area contributed by atoms with Crippen molar-refractivity contribution < 1.29 is 14.7 Å². The van der Waals surface area contributed by atoms with Crippen LogP contribution in [0.4, 0.5) is 5.69 Å². The summed E-state index contributed by atoms with van der Waals surface area (Å²) >= 11 is 5.82. The summed E-state index contributed by atoms with van der Waals surface area (Å²) in [7, 11) is 0. The Morgan fingerprint density at radius 1 is 1.21 bits per heavy atom. The first-order valence-corrected chi connectivity index (χ1v) is 6.50. The van der Waals surface area contributed by atoms with E-state index in [-0.39, 0.29) is 18.4 Å². The molecule has 0 aliphatic rings. The average molecular weight is 284 g/mol. The number of carboxylic acids is 1. The monoisotopic (exact) mass is 283 g/mol. The molecule has 1 atom stereocenters.